The summed E-state index contributed by atoms with van der Waals surface area (Å²) in [4.78, 5) is 14.5. The lowest BCUT2D eigenvalue weighted by Crippen LogP contribution is -2.51. The zero-order chi connectivity index (χ0) is 17.4. The second kappa shape index (κ2) is 9.64. The number of ether oxygens (including phenoxy) is 2. The van der Waals surface area contributed by atoms with E-state index in [-0.39, 0.29) is 5.91 Å². The molecular weight excluding hydrogens is 304 g/mol. The van der Waals surface area contributed by atoms with E-state index in [1.807, 2.05) is 31.2 Å². The van der Waals surface area contributed by atoms with Gasteiger partial charge in [-0.1, -0.05) is 12.1 Å². The number of hydrogen-bond acceptors (Lipinski definition) is 4. The van der Waals surface area contributed by atoms with E-state index in [1.54, 1.807) is 0 Å². The van der Waals surface area contributed by atoms with E-state index in [1.165, 1.54) is 0 Å². The molecule has 1 aliphatic heterocycles. The molecule has 5 nitrogen and oxygen atoms in total. The van der Waals surface area contributed by atoms with Gasteiger partial charge in [-0.15, -0.1) is 0 Å². The normalized spacial score (nSPS) is 19.7. The van der Waals surface area contributed by atoms with Crippen LogP contribution in [0.3, 0.4) is 0 Å². The predicted octanol–water partition coefficient (Wildman–Crippen LogP) is 2.24. The Labute approximate surface area is 145 Å². The molecule has 1 aromatic carbocycles. The molecule has 1 amide bonds. The average Bonchev–Trinajstić information content (AvgIpc) is 2.60. The lowest BCUT2D eigenvalue weighted by molar-refractivity contribution is -0.121. The number of amides is 1. The van der Waals surface area contributed by atoms with E-state index in [4.69, 9.17) is 9.47 Å². The molecule has 0 spiro atoms. The van der Waals surface area contributed by atoms with E-state index < -0.39 is 0 Å². The molecule has 1 saturated heterocycles. The van der Waals surface area contributed by atoms with Crippen molar-refractivity contribution in [2.75, 3.05) is 32.9 Å². The van der Waals surface area contributed by atoms with E-state index in [9.17, 15) is 4.79 Å². The monoisotopic (exact) mass is 334 g/mol. The van der Waals surface area contributed by atoms with E-state index in [2.05, 4.69) is 24.1 Å². The highest BCUT2D eigenvalue weighted by Gasteiger charge is 2.23. The van der Waals surface area contributed by atoms with Crippen molar-refractivity contribution in [3.63, 3.8) is 0 Å². The van der Waals surface area contributed by atoms with Crippen molar-refractivity contribution in [2.24, 2.45) is 0 Å². The SMILES string of the molecule is CCOc1ccc(CCC(=O)NC[C@H](C)N2CCOC[C@H]2C)cc1. The first-order chi connectivity index (χ1) is 11.6. The fourth-order valence-electron chi connectivity index (χ4n) is 3.04. The van der Waals surface area contributed by atoms with Crippen LogP contribution < -0.4 is 10.1 Å². The number of nitrogens with one attached hydrogen (secondary N) is 1. The first-order valence-corrected chi connectivity index (χ1v) is 8.92. The minimum Gasteiger partial charge on any atom is -0.494 e. The summed E-state index contributed by atoms with van der Waals surface area (Å²) in [5.74, 6) is 0.982. The highest BCUT2D eigenvalue weighted by Crippen LogP contribution is 2.13. The highest BCUT2D eigenvalue weighted by atomic mass is 16.5. The van der Waals surface area contributed by atoms with Gasteiger partial charge in [0.2, 0.25) is 5.91 Å². The van der Waals surface area contributed by atoms with Crippen LogP contribution in [0.2, 0.25) is 0 Å². The standard InChI is InChI=1S/C19H30N2O3/c1-4-24-18-8-5-17(6-9-18)7-10-19(22)20-13-15(2)21-11-12-23-14-16(21)3/h5-6,8-9,15-16H,4,7,10-14H2,1-3H3,(H,20,22)/t15-,16+/m0/s1. The summed E-state index contributed by atoms with van der Waals surface area (Å²) >= 11 is 0. The van der Waals surface area contributed by atoms with Crippen LogP contribution in [0.25, 0.3) is 0 Å². The minimum absolute atomic E-state index is 0.108. The maximum Gasteiger partial charge on any atom is 0.220 e. The summed E-state index contributed by atoms with van der Waals surface area (Å²) in [5, 5.41) is 3.06. The second-order valence-corrected chi connectivity index (χ2v) is 6.39. The van der Waals surface area contributed by atoms with Crippen molar-refractivity contribution in [1.29, 1.82) is 0 Å². The van der Waals surface area contributed by atoms with Crippen LogP contribution in [0.15, 0.2) is 24.3 Å². The van der Waals surface area contributed by atoms with E-state index >= 15 is 0 Å². The predicted molar refractivity (Wildman–Crippen MR) is 95.4 cm³/mol. The Morgan fingerprint density at radius 1 is 1.42 bits per heavy atom. The maximum absolute atomic E-state index is 12.1. The number of morpholine rings is 1. The maximum atomic E-state index is 12.1. The van der Waals surface area contributed by atoms with Crippen LogP contribution in [0, 0.1) is 0 Å². The Kier molecular flexibility index (Phi) is 7.53. The summed E-state index contributed by atoms with van der Waals surface area (Å²) in [7, 11) is 0. The average molecular weight is 334 g/mol. The molecule has 0 unspecified atom stereocenters. The third kappa shape index (κ3) is 5.80. The summed E-state index contributed by atoms with van der Waals surface area (Å²) in [6, 6.07) is 8.71. The molecule has 1 heterocycles. The van der Waals surface area contributed by atoms with Gasteiger partial charge < -0.3 is 14.8 Å². The van der Waals surface area contributed by atoms with Gasteiger partial charge in [0.15, 0.2) is 0 Å². The topological polar surface area (TPSA) is 50.8 Å². The van der Waals surface area contributed by atoms with Gasteiger partial charge in [-0.2, -0.15) is 0 Å². The molecule has 1 aliphatic rings. The van der Waals surface area contributed by atoms with Gasteiger partial charge in [-0.3, -0.25) is 9.69 Å². The largest absolute Gasteiger partial charge is 0.494 e. The Bertz CT molecular complexity index is 504. The van der Waals surface area contributed by atoms with Crippen molar-refractivity contribution < 1.29 is 14.3 Å². The zero-order valence-electron chi connectivity index (χ0n) is 15.1. The molecular formula is C19H30N2O3. The lowest BCUT2D eigenvalue weighted by Gasteiger charge is -2.37. The van der Waals surface area contributed by atoms with E-state index in [0.717, 1.165) is 37.5 Å². The van der Waals surface area contributed by atoms with Crippen molar-refractivity contribution in [3.05, 3.63) is 29.8 Å². The number of carbonyl (C=O) groups excluding carboxylic acids is 1. The van der Waals surface area contributed by atoms with Crippen molar-refractivity contribution in [2.45, 2.75) is 45.7 Å². The molecule has 1 N–H and O–H groups in total. The van der Waals surface area contributed by atoms with Gasteiger partial charge >= 0.3 is 0 Å². The number of aryl methyl sites for hydroxylation is 1. The van der Waals surface area contributed by atoms with Gasteiger partial charge in [0.1, 0.15) is 5.75 Å². The van der Waals surface area contributed by atoms with Gasteiger partial charge in [0, 0.05) is 31.6 Å². The van der Waals surface area contributed by atoms with Crippen LogP contribution >= 0.6 is 0 Å². The first kappa shape index (κ1) is 18.7. The van der Waals surface area contributed by atoms with Crippen LogP contribution in [0.5, 0.6) is 5.75 Å². The molecule has 24 heavy (non-hydrogen) atoms. The highest BCUT2D eigenvalue weighted by molar-refractivity contribution is 5.76. The molecule has 0 radical (unpaired) electrons. The fraction of sp³-hybridized carbons (Fsp3) is 0.632. The summed E-state index contributed by atoms with van der Waals surface area (Å²) in [6.45, 7) is 10.1. The summed E-state index contributed by atoms with van der Waals surface area (Å²) < 4.78 is 10.9. The molecule has 5 heteroatoms. The molecule has 0 aromatic heterocycles. The number of benzene rings is 1. The molecule has 2 rings (SSSR count). The number of hydrogen-bond donors (Lipinski definition) is 1. The van der Waals surface area contributed by atoms with Crippen molar-refractivity contribution in [3.8, 4) is 5.75 Å². The van der Waals surface area contributed by atoms with Crippen LogP contribution in [0.4, 0.5) is 0 Å². The van der Waals surface area contributed by atoms with Crippen LogP contribution in [0.1, 0.15) is 32.8 Å². The molecule has 0 bridgehead atoms. The van der Waals surface area contributed by atoms with Gasteiger partial charge in [0.05, 0.1) is 19.8 Å². The van der Waals surface area contributed by atoms with Gasteiger partial charge in [0.25, 0.3) is 0 Å². The third-order valence-corrected chi connectivity index (χ3v) is 4.45. The molecule has 1 fully saturated rings. The Hall–Kier alpha value is -1.59. The first-order valence-electron chi connectivity index (χ1n) is 8.92. The Morgan fingerprint density at radius 2 is 2.17 bits per heavy atom. The number of nitrogens with zero attached hydrogens (tertiary/aromatic N) is 1. The smallest absolute Gasteiger partial charge is 0.220 e. The number of carbonyl (C=O) groups is 1. The third-order valence-electron chi connectivity index (χ3n) is 4.45. The Morgan fingerprint density at radius 3 is 2.83 bits per heavy atom. The molecule has 0 saturated carbocycles. The number of rotatable bonds is 8. The zero-order valence-corrected chi connectivity index (χ0v) is 15.1. The van der Waals surface area contributed by atoms with Crippen molar-refractivity contribution in [1.82, 2.24) is 10.2 Å². The molecule has 1 aromatic rings. The van der Waals surface area contributed by atoms with Gasteiger partial charge in [-0.25, -0.2) is 0 Å². The van der Waals surface area contributed by atoms with Gasteiger partial charge in [-0.05, 0) is 44.9 Å². The molecule has 0 aliphatic carbocycles. The Balaban J connectivity index is 1.69. The molecule has 134 valence electrons. The van der Waals surface area contributed by atoms with Crippen LogP contribution in [-0.2, 0) is 16.0 Å². The minimum atomic E-state index is 0.108. The van der Waals surface area contributed by atoms with Crippen LogP contribution in [-0.4, -0.2) is 55.8 Å². The van der Waals surface area contributed by atoms with E-state index in [0.29, 0.717) is 31.7 Å². The summed E-state index contributed by atoms with van der Waals surface area (Å²) in [6.07, 6.45) is 1.26. The molecule has 2 atom stereocenters. The second-order valence-electron chi connectivity index (χ2n) is 6.39. The fourth-order valence-corrected chi connectivity index (χ4v) is 3.04. The summed E-state index contributed by atoms with van der Waals surface area (Å²) in [5.41, 5.74) is 1.16. The van der Waals surface area contributed by atoms with Crippen molar-refractivity contribution >= 4 is 5.91 Å². The quantitative estimate of drug-likeness (QED) is 0.792. The lowest BCUT2D eigenvalue weighted by atomic mass is 10.1.